The molecule has 0 aliphatic heterocycles. The van der Waals surface area contributed by atoms with Crippen molar-refractivity contribution in [3.8, 4) is 5.88 Å². The molecular weight excluding hydrogens is 407 g/mol. The number of sulfonamides is 1. The summed E-state index contributed by atoms with van der Waals surface area (Å²) < 4.78 is 95.1. The van der Waals surface area contributed by atoms with Gasteiger partial charge in [-0.05, 0) is 18.2 Å². The number of pyridine rings is 1. The first kappa shape index (κ1) is 20.3. The Balaban J connectivity index is 1.99. The summed E-state index contributed by atoms with van der Waals surface area (Å²) in [5, 5.41) is -0.428. The van der Waals surface area contributed by atoms with E-state index in [9.17, 15) is 30.4 Å². The molecule has 1 N–H and O–H groups in total. The molecule has 0 aliphatic rings. The molecule has 0 saturated heterocycles. The minimum atomic E-state index is -4.63. The zero-order valence-corrected chi connectivity index (χ0v) is 14.2. The SMILES string of the molecule is O=S(=O)(NCCOc1ncc(C(F)(F)F)cc1Cl)c1c(F)cccc1F. The molecule has 0 bridgehead atoms. The van der Waals surface area contributed by atoms with Crippen LogP contribution in [0.2, 0.25) is 5.02 Å². The van der Waals surface area contributed by atoms with Crippen LogP contribution in [-0.2, 0) is 16.2 Å². The number of alkyl halides is 3. The monoisotopic (exact) mass is 416 g/mol. The van der Waals surface area contributed by atoms with E-state index in [-0.39, 0.29) is 5.88 Å². The van der Waals surface area contributed by atoms with Crippen LogP contribution in [0, 0.1) is 11.6 Å². The number of ether oxygens (including phenoxy) is 1. The summed E-state index contributed by atoms with van der Waals surface area (Å²) in [6.07, 6.45) is -4.13. The molecule has 1 aromatic heterocycles. The van der Waals surface area contributed by atoms with Crippen molar-refractivity contribution in [1.82, 2.24) is 9.71 Å². The van der Waals surface area contributed by atoms with Gasteiger partial charge in [-0.15, -0.1) is 0 Å². The third kappa shape index (κ3) is 4.80. The van der Waals surface area contributed by atoms with Gasteiger partial charge in [0.1, 0.15) is 23.3 Å². The molecule has 0 radical (unpaired) electrons. The summed E-state index contributed by atoms with van der Waals surface area (Å²) in [6, 6.07) is 3.16. The van der Waals surface area contributed by atoms with E-state index >= 15 is 0 Å². The highest BCUT2D eigenvalue weighted by Gasteiger charge is 2.31. The lowest BCUT2D eigenvalue weighted by Gasteiger charge is -2.11. The second-order valence-electron chi connectivity index (χ2n) is 4.81. The quantitative estimate of drug-likeness (QED) is 0.579. The minimum absolute atomic E-state index is 0.351. The summed E-state index contributed by atoms with van der Waals surface area (Å²) in [4.78, 5) is 2.25. The molecule has 26 heavy (non-hydrogen) atoms. The van der Waals surface area contributed by atoms with Gasteiger partial charge in [0.2, 0.25) is 15.9 Å². The number of hydrogen-bond donors (Lipinski definition) is 1. The van der Waals surface area contributed by atoms with E-state index in [2.05, 4.69) is 4.98 Å². The fourth-order valence-corrected chi connectivity index (χ4v) is 3.19. The molecule has 2 rings (SSSR count). The number of hydrogen-bond acceptors (Lipinski definition) is 4. The standard InChI is InChI=1S/C14H10ClF5N2O3S/c15-9-6-8(14(18,19)20)7-21-13(9)25-5-4-22-26(23,24)12-10(16)2-1-3-11(12)17/h1-3,6-7,22H,4-5H2. The van der Waals surface area contributed by atoms with Gasteiger partial charge in [0.15, 0.2) is 4.90 Å². The second kappa shape index (κ2) is 7.72. The van der Waals surface area contributed by atoms with Crippen LogP contribution < -0.4 is 9.46 Å². The van der Waals surface area contributed by atoms with Crippen LogP contribution in [0.3, 0.4) is 0 Å². The summed E-state index contributed by atoms with van der Waals surface area (Å²) >= 11 is 5.62. The average molecular weight is 417 g/mol. The average Bonchev–Trinajstić information content (AvgIpc) is 2.51. The van der Waals surface area contributed by atoms with E-state index in [0.29, 0.717) is 12.3 Å². The summed E-state index contributed by atoms with van der Waals surface area (Å²) in [6.45, 7) is -0.831. The maximum Gasteiger partial charge on any atom is 0.417 e. The molecule has 0 fully saturated rings. The topological polar surface area (TPSA) is 68.3 Å². The Hall–Kier alpha value is -1.98. The van der Waals surface area contributed by atoms with Gasteiger partial charge in [0, 0.05) is 12.7 Å². The first-order chi connectivity index (χ1) is 12.0. The fourth-order valence-electron chi connectivity index (χ4n) is 1.82. The molecule has 1 heterocycles. The molecule has 2 aromatic rings. The molecule has 5 nitrogen and oxygen atoms in total. The van der Waals surface area contributed by atoms with Crippen molar-refractivity contribution in [2.75, 3.05) is 13.2 Å². The van der Waals surface area contributed by atoms with Crippen LogP contribution in [0.1, 0.15) is 5.56 Å². The van der Waals surface area contributed by atoms with Gasteiger partial charge in [-0.25, -0.2) is 26.9 Å². The van der Waals surface area contributed by atoms with Crippen molar-refractivity contribution in [3.63, 3.8) is 0 Å². The third-order valence-corrected chi connectivity index (χ3v) is 4.74. The first-order valence-corrected chi connectivity index (χ1v) is 8.67. The molecule has 0 spiro atoms. The Bertz CT molecular complexity index is 886. The Morgan fingerprint density at radius 3 is 2.35 bits per heavy atom. The molecule has 0 atom stereocenters. The van der Waals surface area contributed by atoms with Gasteiger partial charge in [0.05, 0.1) is 5.56 Å². The van der Waals surface area contributed by atoms with Crippen LogP contribution in [0.5, 0.6) is 5.88 Å². The fraction of sp³-hybridized carbons (Fsp3) is 0.214. The van der Waals surface area contributed by atoms with E-state index in [1.165, 1.54) is 0 Å². The van der Waals surface area contributed by atoms with E-state index in [0.717, 1.165) is 18.2 Å². The van der Waals surface area contributed by atoms with Crippen LogP contribution in [0.25, 0.3) is 0 Å². The first-order valence-electron chi connectivity index (χ1n) is 6.81. The number of halogens is 6. The number of nitrogens with one attached hydrogen (secondary N) is 1. The van der Waals surface area contributed by atoms with Crippen molar-refractivity contribution < 1.29 is 35.1 Å². The lowest BCUT2D eigenvalue weighted by atomic mass is 10.3. The Morgan fingerprint density at radius 1 is 1.19 bits per heavy atom. The van der Waals surface area contributed by atoms with Crippen LogP contribution >= 0.6 is 11.6 Å². The lowest BCUT2D eigenvalue weighted by Crippen LogP contribution is -2.29. The molecule has 1 aromatic carbocycles. The van der Waals surface area contributed by atoms with Gasteiger partial charge in [-0.1, -0.05) is 17.7 Å². The molecule has 0 amide bonds. The van der Waals surface area contributed by atoms with E-state index in [1.807, 2.05) is 4.72 Å². The molecule has 0 unspecified atom stereocenters. The molecule has 12 heteroatoms. The number of benzene rings is 1. The highest BCUT2D eigenvalue weighted by molar-refractivity contribution is 7.89. The van der Waals surface area contributed by atoms with E-state index in [1.54, 1.807) is 0 Å². The predicted molar refractivity (Wildman–Crippen MR) is 81.3 cm³/mol. The van der Waals surface area contributed by atoms with Gasteiger partial charge in [-0.2, -0.15) is 13.2 Å². The largest absolute Gasteiger partial charge is 0.475 e. The van der Waals surface area contributed by atoms with Crippen molar-refractivity contribution in [2.45, 2.75) is 11.1 Å². The Labute approximate surface area is 149 Å². The van der Waals surface area contributed by atoms with Crippen LogP contribution in [-0.4, -0.2) is 26.6 Å². The van der Waals surface area contributed by atoms with Crippen molar-refractivity contribution in [2.24, 2.45) is 0 Å². The highest BCUT2D eigenvalue weighted by Crippen LogP contribution is 2.33. The summed E-state index contributed by atoms with van der Waals surface area (Å²) in [7, 11) is -4.49. The smallest absolute Gasteiger partial charge is 0.417 e. The number of nitrogens with zero attached hydrogens (tertiary/aromatic N) is 1. The lowest BCUT2D eigenvalue weighted by molar-refractivity contribution is -0.137. The van der Waals surface area contributed by atoms with Gasteiger partial charge in [0.25, 0.3) is 0 Å². The zero-order chi connectivity index (χ0) is 19.5. The van der Waals surface area contributed by atoms with Gasteiger partial charge in [-0.3, -0.25) is 0 Å². The number of aromatic nitrogens is 1. The van der Waals surface area contributed by atoms with Crippen LogP contribution in [0.4, 0.5) is 22.0 Å². The predicted octanol–water partition coefficient (Wildman–Crippen LogP) is 3.39. The van der Waals surface area contributed by atoms with Crippen molar-refractivity contribution in [1.29, 1.82) is 0 Å². The van der Waals surface area contributed by atoms with Gasteiger partial charge >= 0.3 is 6.18 Å². The molecule has 0 aliphatic carbocycles. The van der Waals surface area contributed by atoms with E-state index in [4.69, 9.17) is 16.3 Å². The molecule has 142 valence electrons. The minimum Gasteiger partial charge on any atom is -0.475 e. The summed E-state index contributed by atoms with van der Waals surface area (Å²) in [5.41, 5.74) is -1.08. The highest BCUT2D eigenvalue weighted by atomic mass is 35.5. The third-order valence-electron chi connectivity index (χ3n) is 2.96. The maximum atomic E-state index is 13.5. The number of rotatable bonds is 6. The van der Waals surface area contributed by atoms with Crippen molar-refractivity contribution >= 4 is 21.6 Å². The molecule has 0 saturated carbocycles. The zero-order valence-electron chi connectivity index (χ0n) is 12.6. The van der Waals surface area contributed by atoms with Gasteiger partial charge < -0.3 is 4.74 Å². The Morgan fingerprint density at radius 2 is 1.81 bits per heavy atom. The summed E-state index contributed by atoms with van der Waals surface area (Å²) in [5.74, 6) is -2.90. The Kier molecular flexibility index (Phi) is 6.04. The van der Waals surface area contributed by atoms with E-state index < -0.39 is 56.5 Å². The molecular formula is C14H10ClF5N2O3S. The van der Waals surface area contributed by atoms with Crippen molar-refractivity contribution in [3.05, 3.63) is 52.7 Å². The maximum absolute atomic E-state index is 13.5. The second-order valence-corrected chi connectivity index (χ2v) is 6.92. The van der Waals surface area contributed by atoms with Crippen LogP contribution in [0.15, 0.2) is 35.4 Å². The normalized spacial score (nSPS) is 12.2.